The van der Waals surface area contributed by atoms with Crippen LogP contribution in [0.15, 0.2) is 133 Å². The van der Waals surface area contributed by atoms with Gasteiger partial charge in [0.05, 0.1) is 12.7 Å². The van der Waals surface area contributed by atoms with Gasteiger partial charge in [-0.05, 0) is 84.4 Å². The molecule has 1 aliphatic rings. The summed E-state index contributed by atoms with van der Waals surface area (Å²) in [6.07, 6.45) is -4.11. The number of nitrogens with zero attached hydrogens (tertiary/aromatic N) is 1. The van der Waals surface area contributed by atoms with Crippen LogP contribution in [0.25, 0.3) is 11.1 Å². The number of anilines is 1. The molecule has 0 bridgehead atoms. The van der Waals surface area contributed by atoms with Gasteiger partial charge in [-0.15, -0.1) is 0 Å². The lowest BCUT2D eigenvalue weighted by atomic mass is 9.88. The first-order valence-electron chi connectivity index (χ1n) is 16.9. The van der Waals surface area contributed by atoms with Crippen LogP contribution >= 0.6 is 0 Å². The zero-order chi connectivity index (χ0) is 36.7. The third-order valence-electron chi connectivity index (χ3n) is 9.32. The van der Waals surface area contributed by atoms with Gasteiger partial charge in [0.25, 0.3) is 5.91 Å². The van der Waals surface area contributed by atoms with Gasteiger partial charge in [-0.1, -0.05) is 103 Å². The van der Waals surface area contributed by atoms with Crippen molar-refractivity contribution in [2.24, 2.45) is 0 Å². The monoisotopic (exact) mass is 706 g/mol. The average Bonchev–Trinajstić information content (AvgIpc) is 3.18. The van der Waals surface area contributed by atoms with Crippen molar-refractivity contribution in [3.8, 4) is 11.1 Å². The molecule has 0 aliphatic carbocycles. The Morgan fingerprint density at radius 3 is 1.88 bits per heavy atom. The lowest BCUT2D eigenvalue weighted by molar-refractivity contribution is -0.170. The van der Waals surface area contributed by atoms with Gasteiger partial charge >= 0.3 is 18.1 Å². The van der Waals surface area contributed by atoms with E-state index in [1.54, 1.807) is 48.5 Å². The molecule has 52 heavy (non-hydrogen) atoms. The minimum absolute atomic E-state index is 0.209. The molecular weight excluding hydrogens is 669 g/mol. The van der Waals surface area contributed by atoms with E-state index in [0.717, 1.165) is 36.1 Å². The maximum atomic E-state index is 13.8. The molecule has 1 fully saturated rings. The smallest absolute Gasteiger partial charge is 0.416 e. The van der Waals surface area contributed by atoms with Crippen molar-refractivity contribution in [2.45, 2.75) is 37.1 Å². The van der Waals surface area contributed by atoms with E-state index in [2.05, 4.69) is 10.2 Å². The maximum Gasteiger partial charge on any atom is 0.416 e. The molecule has 0 saturated carbocycles. The molecule has 10 heteroatoms. The summed E-state index contributed by atoms with van der Waals surface area (Å²) in [6, 6.07) is 36.6. The number of nitrogens with one attached hydrogen (secondary N) is 1. The molecule has 1 N–H and O–H groups in total. The topological polar surface area (TPSA) is 84.9 Å². The predicted molar refractivity (Wildman–Crippen MR) is 191 cm³/mol. The summed E-state index contributed by atoms with van der Waals surface area (Å²) in [7, 11) is 1.26. The summed E-state index contributed by atoms with van der Waals surface area (Å²) in [5.41, 5.74) is 3.58. The molecule has 5 aromatic carbocycles. The van der Waals surface area contributed by atoms with E-state index in [4.69, 9.17) is 9.47 Å². The first-order valence-corrected chi connectivity index (χ1v) is 16.9. The highest BCUT2D eigenvalue weighted by atomic mass is 19.4. The molecule has 1 saturated heterocycles. The maximum absolute atomic E-state index is 13.8. The Labute approximate surface area is 300 Å². The van der Waals surface area contributed by atoms with Gasteiger partial charge < -0.3 is 14.8 Å². The number of likely N-dealkylation sites (tertiary alicyclic amines) is 1. The molecule has 0 spiro atoms. The number of carbonyl (C=O) groups is 3. The number of methoxy groups -OCH3 is 1. The summed E-state index contributed by atoms with van der Waals surface area (Å²) in [5.74, 6) is -1.37. The number of ether oxygens (including phenoxy) is 2. The number of hydrogen-bond donors (Lipinski definition) is 1. The molecule has 0 aromatic heterocycles. The van der Waals surface area contributed by atoms with Gasteiger partial charge in [0.15, 0.2) is 0 Å². The van der Waals surface area contributed by atoms with Crippen LogP contribution in [-0.2, 0) is 25.2 Å². The van der Waals surface area contributed by atoms with Gasteiger partial charge in [0.2, 0.25) is 6.10 Å². The van der Waals surface area contributed by atoms with Crippen molar-refractivity contribution in [3.05, 3.63) is 161 Å². The van der Waals surface area contributed by atoms with Crippen molar-refractivity contribution in [2.75, 3.05) is 25.5 Å². The number of halogens is 3. The highest BCUT2D eigenvalue weighted by Crippen LogP contribution is 2.35. The number of esters is 2. The van der Waals surface area contributed by atoms with E-state index in [1.807, 2.05) is 60.7 Å². The van der Waals surface area contributed by atoms with E-state index >= 15 is 0 Å². The molecule has 5 aromatic rings. The van der Waals surface area contributed by atoms with Crippen LogP contribution in [0.5, 0.6) is 0 Å². The lowest BCUT2D eigenvalue weighted by Gasteiger charge is -2.37. The zero-order valence-corrected chi connectivity index (χ0v) is 28.4. The van der Waals surface area contributed by atoms with Gasteiger partial charge in [-0.25, -0.2) is 9.59 Å². The van der Waals surface area contributed by atoms with Crippen molar-refractivity contribution in [3.63, 3.8) is 0 Å². The molecule has 2 atom stereocenters. The number of amides is 1. The SMILES string of the molecule is COC(=O)C(OC(=O)C(c1ccccc1)N1CCC(c2ccc(NC(=O)c3ccccc3-c3ccc(C(F)(F)F)cc3)cc2)CC1)c1ccccc1. The standard InChI is InChI=1S/C42H37F3N2O5/c1-51-41(50)38(32-12-6-3-7-13-32)52-40(49)37(31-10-4-2-5-11-31)47-26-24-29(25-27-47)28-18-22-34(23-19-28)46-39(48)36-15-9-8-14-35(36)30-16-20-33(21-17-30)42(43,44)45/h2-23,29,37-38H,24-27H2,1H3,(H,46,48). The highest BCUT2D eigenvalue weighted by Gasteiger charge is 2.36. The molecule has 2 unspecified atom stereocenters. The first-order chi connectivity index (χ1) is 25.1. The fourth-order valence-corrected chi connectivity index (χ4v) is 6.60. The minimum Gasteiger partial charge on any atom is -0.466 e. The van der Waals surface area contributed by atoms with Crippen molar-refractivity contribution < 1.29 is 37.0 Å². The van der Waals surface area contributed by atoms with E-state index in [0.29, 0.717) is 41.0 Å². The third kappa shape index (κ3) is 8.41. The Morgan fingerprint density at radius 1 is 0.712 bits per heavy atom. The summed E-state index contributed by atoms with van der Waals surface area (Å²) in [5, 5.41) is 2.91. The quantitative estimate of drug-likeness (QED) is 0.146. The Morgan fingerprint density at radius 2 is 1.29 bits per heavy atom. The summed E-state index contributed by atoms with van der Waals surface area (Å²) < 4.78 is 50.1. The molecule has 0 radical (unpaired) electrons. The van der Waals surface area contributed by atoms with E-state index in [9.17, 15) is 27.6 Å². The second kappa shape index (κ2) is 16.1. The van der Waals surface area contributed by atoms with Crippen LogP contribution in [0.4, 0.5) is 18.9 Å². The van der Waals surface area contributed by atoms with Gasteiger partial charge in [-0.2, -0.15) is 13.2 Å². The van der Waals surface area contributed by atoms with Gasteiger partial charge in [0.1, 0.15) is 6.04 Å². The summed E-state index contributed by atoms with van der Waals surface area (Å²) in [4.78, 5) is 41.9. The number of carbonyl (C=O) groups excluding carboxylic acids is 3. The number of hydrogen-bond acceptors (Lipinski definition) is 6. The summed E-state index contributed by atoms with van der Waals surface area (Å²) >= 11 is 0. The van der Waals surface area contributed by atoms with Crippen LogP contribution in [-0.4, -0.2) is 42.9 Å². The molecule has 1 heterocycles. The highest BCUT2D eigenvalue weighted by molar-refractivity contribution is 6.08. The zero-order valence-electron chi connectivity index (χ0n) is 28.4. The molecule has 1 aliphatic heterocycles. The van der Waals surface area contributed by atoms with Crippen LogP contribution in [0.1, 0.15) is 63.5 Å². The summed E-state index contributed by atoms with van der Waals surface area (Å²) in [6.45, 7) is 1.21. The normalized spacial score (nSPS) is 14.9. The fourth-order valence-electron chi connectivity index (χ4n) is 6.60. The number of alkyl halides is 3. The fraction of sp³-hybridized carbons (Fsp3) is 0.214. The first kappa shape index (κ1) is 36.1. The minimum atomic E-state index is -4.45. The van der Waals surface area contributed by atoms with Crippen LogP contribution < -0.4 is 5.32 Å². The molecule has 7 nitrogen and oxygen atoms in total. The second-order valence-corrected chi connectivity index (χ2v) is 12.6. The van der Waals surface area contributed by atoms with Crippen molar-refractivity contribution in [1.29, 1.82) is 0 Å². The van der Waals surface area contributed by atoms with E-state index in [1.165, 1.54) is 19.2 Å². The number of rotatable bonds is 10. The average molecular weight is 707 g/mol. The van der Waals surface area contributed by atoms with Crippen molar-refractivity contribution >= 4 is 23.5 Å². The Kier molecular flexibility index (Phi) is 11.2. The van der Waals surface area contributed by atoms with Crippen molar-refractivity contribution in [1.82, 2.24) is 4.90 Å². The van der Waals surface area contributed by atoms with Gasteiger partial charge in [-0.3, -0.25) is 9.69 Å². The van der Waals surface area contributed by atoms with Crippen LogP contribution in [0.3, 0.4) is 0 Å². The largest absolute Gasteiger partial charge is 0.466 e. The van der Waals surface area contributed by atoms with Gasteiger partial charge in [0, 0.05) is 16.8 Å². The lowest BCUT2D eigenvalue weighted by Crippen LogP contribution is -2.41. The molecule has 1 amide bonds. The Balaban J connectivity index is 1.11. The van der Waals surface area contributed by atoms with E-state index < -0.39 is 35.8 Å². The van der Waals surface area contributed by atoms with Crippen LogP contribution in [0.2, 0.25) is 0 Å². The molecule has 266 valence electrons. The third-order valence-corrected chi connectivity index (χ3v) is 9.32. The Hall–Kier alpha value is -5.74. The second-order valence-electron chi connectivity index (χ2n) is 12.6. The molecule has 6 rings (SSSR count). The van der Waals surface area contributed by atoms with E-state index in [-0.39, 0.29) is 11.8 Å². The number of benzene rings is 5. The number of piperidine rings is 1. The van der Waals surface area contributed by atoms with Crippen LogP contribution in [0, 0.1) is 0 Å². The molecular formula is C42H37F3N2O5. The Bertz CT molecular complexity index is 1980. The predicted octanol–water partition coefficient (Wildman–Crippen LogP) is 9.00.